The van der Waals surface area contributed by atoms with Crippen LogP contribution < -0.4 is 11.1 Å². The number of sulfonamides is 1. The molecule has 0 fully saturated rings. The lowest BCUT2D eigenvalue weighted by Gasteiger charge is -2.21. The Balaban J connectivity index is 3.29. The highest BCUT2D eigenvalue weighted by Gasteiger charge is 2.28. The SMILES string of the molecule is CCCN(CC(=O)NC)S(=O)(=O)c1ccc(N)cc1C#N. The summed E-state index contributed by atoms with van der Waals surface area (Å²) in [5.74, 6) is -0.416. The third kappa shape index (κ3) is 3.93. The first-order valence-corrected chi connectivity index (χ1v) is 7.81. The zero-order chi connectivity index (χ0) is 16.0. The molecule has 0 aromatic heterocycles. The molecular formula is C13H18N4O3S. The molecule has 1 amide bonds. The number of nitrogens with zero attached hydrogens (tertiary/aromatic N) is 2. The van der Waals surface area contributed by atoms with Crippen molar-refractivity contribution in [1.29, 1.82) is 5.26 Å². The van der Waals surface area contributed by atoms with Crippen LogP contribution in [0, 0.1) is 11.3 Å². The molecule has 7 nitrogen and oxygen atoms in total. The molecule has 0 aliphatic heterocycles. The molecule has 8 heteroatoms. The smallest absolute Gasteiger partial charge is 0.244 e. The minimum Gasteiger partial charge on any atom is -0.399 e. The maximum atomic E-state index is 12.6. The maximum absolute atomic E-state index is 12.6. The third-order valence-corrected chi connectivity index (χ3v) is 4.72. The van der Waals surface area contributed by atoms with Crippen molar-refractivity contribution in [1.82, 2.24) is 9.62 Å². The van der Waals surface area contributed by atoms with Crippen molar-refractivity contribution in [2.75, 3.05) is 25.9 Å². The van der Waals surface area contributed by atoms with Crippen LogP contribution in [-0.4, -0.2) is 38.8 Å². The van der Waals surface area contributed by atoms with Crippen LogP contribution in [0.4, 0.5) is 5.69 Å². The molecule has 0 saturated heterocycles. The number of carbonyl (C=O) groups is 1. The average molecular weight is 310 g/mol. The Hall–Kier alpha value is -2.11. The summed E-state index contributed by atoms with van der Waals surface area (Å²) >= 11 is 0. The van der Waals surface area contributed by atoms with Crippen molar-refractivity contribution < 1.29 is 13.2 Å². The van der Waals surface area contributed by atoms with Crippen molar-refractivity contribution in [2.45, 2.75) is 18.2 Å². The number of amides is 1. The zero-order valence-electron chi connectivity index (χ0n) is 12.0. The van der Waals surface area contributed by atoms with Gasteiger partial charge in [-0.25, -0.2) is 8.42 Å². The van der Waals surface area contributed by atoms with Crippen LogP contribution in [0.3, 0.4) is 0 Å². The molecule has 0 saturated carbocycles. The van der Waals surface area contributed by atoms with Crippen molar-refractivity contribution in [3.63, 3.8) is 0 Å². The Labute approximate surface area is 124 Å². The van der Waals surface area contributed by atoms with Gasteiger partial charge in [-0.3, -0.25) is 4.79 Å². The summed E-state index contributed by atoms with van der Waals surface area (Å²) in [5, 5.41) is 11.5. The predicted octanol–water partition coefficient (Wildman–Crippen LogP) is 0.287. The van der Waals surface area contributed by atoms with Crippen LogP contribution in [0.5, 0.6) is 0 Å². The summed E-state index contributed by atoms with van der Waals surface area (Å²) in [7, 11) is -2.50. The van der Waals surface area contributed by atoms with E-state index in [4.69, 9.17) is 11.0 Å². The van der Waals surface area contributed by atoms with E-state index in [1.165, 1.54) is 25.2 Å². The van der Waals surface area contributed by atoms with Crippen molar-refractivity contribution in [2.24, 2.45) is 0 Å². The van der Waals surface area contributed by atoms with Gasteiger partial charge in [-0.15, -0.1) is 0 Å². The summed E-state index contributed by atoms with van der Waals surface area (Å²) in [6, 6.07) is 5.82. The van der Waals surface area contributed by atoms with Gasteiger partial charge in [-0.1, -0.05) is 6.92 Å². The van der Waals surface area contributed by atoms with E-state index in [1.54, 1.807) is 6.92 Å². The van der Waals surface area contributed by atoms with Crippen molar-refractivity contribution in [3.8, 4) is 6.07 Å². The van der Waals surface area contributed by atoms with Gasteiger partial charge in [0.2, 0.25) is 15.9 Å². The highest BCUT2D eigenvalue weighted by Crippen LogP contribution is 2.22. The van der Waals surface area contributed by atoms with Crippen LogP contribution in [0.25, 0.3) is 0 Å². The summed E-state index contributed by atoms with van der Waals surface area (Å²) in [5.41, 5.74) is 5.83. The fraction of sp³-hybridized carbons (Fsp3) is 0.385. The molecular weight excluding hydrogens is 292 g/mol. The molecule has 0 unspecified atom stereocenters. The number of hydrogen-bond donors (Lipinski definition) is 2. The van der Waals surface area contributed by atoms with E-state index in [0.717, 1.165) is 4.31 Å². The monoisotopic (exact) mass is 310 g/mol. The molecule has 3 N–H and O–H groups in total. The van der Waals surface area contributed by atoms with Crippen LogP contribution in [0.15, 0.2) is 23.1 Å². The highest BCUT2D eigenvalue weighted by atomic mass is 32.2. The second kappa shape index (κ2) is 7.06. The van der Waals surface area contributed by atoms with E-state index in [2.05, 4.69) is 5.32 Å². The van der Waals surface area contributed by atoms with Gasteiger partial charge in [0, 0.05) is 19.3 Å². The van der Waals surface area contributed by atoms with E-state index in [0.29, 0.717) is 12.1 Å². The Morgan fingerprint density at radius 1 is 1.48 bits per heavy atom. The number of nitrogen functional groups attached to an aromatic ring is 1. The van der Waals surface area contributed by atoms with E-state index in [-0.39, 0.29) is 23.5 Å². The molecule has 1 aromatic rings. The Morgan fingerprint density at radius 3 is 2.67 bits per heavy atom. The number of carbonyl (C=O) groups excluding carboxylic acids is 1. The van der Waals surface area contributed by atoms with Gasteiger partial charge in [0.25, 0.3) is 0 Å². The number of nitriles is 1. The lowest BCUT2D eigenvalue weighted by atomic mass is 10.2. The maximum Gasteiger partial charge on any atom is 0.244 e. The average Bonchev–Trinajstić information content (AvgIpc) is 2.46. The fourth-order valence-electron chi connectivity index (χ4n) is 1.77. The lowest BCUT2D eigenvalue weighted by Crippen LogP contribution is -2.40. The number of anilines is 1. The second-order valence-corrected chi connectivity index (χ2v) is 6.29. The first kappa shape index (κ1) is 16.9. The number of benzene rings is 1. The van der Waals surface area contributed by atoms with E-state index in [1.807, 2.05) is 6.07 Å². The molecule has 1 rings (SSSR count). The minimum absolute atomic E-state index is 0.0343. The van der Waals surface area contributed by atoms with Gasteiger partial charge in [0.1, 0.15) is 11.0 Å². The summed E-state index contributed by atoms with van der Waals surface area (Å²) < 4.78 is 26.3. The van der Waals surface area contributed by atoms with E-state index < -0.39 is 15.9 Å². The topological polar surface area (TPSA) is 116 Å². The number of nitrogens with one attached hydrogen (secondary N) is 1. The summed E-state index contributed by atoms with van der Waals surface area (Å²) in [6.45, 7) is 1.70. The summed E-state index contributed by atoms with van der Waals surface area (Å²) in [4.78, 5) is 11.3. The molecule has 0 radical (unpaired) electrons. The number of nitrogens with two attached hydrogens (primary N) is 1. The Kier molecular flexibility index (Phi) is 5.69. The quantitative estimate of drug-likeness (QED) is 0.732. The largest absolute Gasteiger partial charge is 0.399 e. The van der Waals surface area contributed by atoms with Crippen LogP contribution >= 0.6 is 0 Å². The normalized spacial score (nSPS) is 11.1. The highest BCUT2D eigenvalue weighted by molar-refractivity contribution is 7.89. The second-order valence-electron chi connectivity index (χ2n) is 4.38. The van der Waals surface area contributed by atoms with Crippen molar-refractivity contribution >= 4 is 21.6 Å². The van der Waals surface area contributed by atoms with Crippen LogP contribution in [0.2, 0.25) is 0 Å². The van der Waals surface area contributed by atoms with Gasteiger partial charge in [-0.2, -0.15) is 9.57 Å². The molecule has 21 heavy (non-hydrogen) atoms. The van der Waals surface area contributed by atoms with E-state index >= 15 is 0 Å². The fourth-order valence-corrected chi connectivity index (χ4v) is 3.38. The molecule has 0 heterocycles. The lowest BCUT2D eigenvalue weighted by molar-refractivity contribution is -0.120. The molecule has 0 bridgehead atoms. The van der Waals surface area contributed by atoms with E-state index in [9.17, 15) is 13.2 Å². The molecule has 0 atom stereocenters. The first-order chi connectivity index (χ1) is 9.86. The number of hydrogen-bond acceptors (Lipinski definition) is 5. The van der Waals surface area contributed by atoms with Gasteiger partial charge in [0.05, 0.1) is 12.1 Å². The van der Waals surface area contributed by atoms with Gasteiger partial charge in [-0.05, 0) is 24.6 Å². The number of likely N-dealkylation sites (N-methyl/N-ethyl adjacent to an activating group) is 1. The van der Waals surface area contributed by atoms with Gasteiger partial charge < -0.3 is 11.1 Å². The number of rotatable bonds is 6. The Bertz CT molecular complexity index is 664. The molecule has 1 aromatic carbocycles. The van der Waals surface area contributed by atoms with Crippen LogP contribution in [-0.2, 0) is 14.8 Å². The Morgan fingerprint density at radius 2 is 2.14 bits per heavy atom. The van der Waals surface area contributed by atoms with Crippen LogP contribution in [0.1, 0.15) is 18.9 Å². The first-order valence-electron chi connectivity index (χ1n) is 6.37. The molecule has 0 aliphatic carbocycles. The van der Waals surface area contributed by atoms with Crippen molar-refractivity contribution in [3.05, 3.63) is 23.8 Å². The molecule has 0 spiro atoms. The molecule has 114 valence electrons. The minimum atomic E-state index is -3.93. The third-order valence-electron chi connectivity index (χ3n) is 2.81. The molecule has 0 aliphatic rings. The predicted molar refractivity (Wildman–Crippen MR) is 78.7 cm³/mol. The summed E-state index contributed by atoms with van der Waals surface area (Å²) in [6.07, 6.45) is 0.549. The van der Waals surface area contributed by atoms with Gasteiger partial charge >= 0.3 is 0 Å². The standard InChI is InChI=1S/C13H18N4O3S/c1-3-6-17(9-13(18)16-2)21(19,20)12-5-4-11(15)7-10(12)8-14/h4-5,7H,3,6,9,15H2,1-2H3,(H,16,18). The van der Waals surface area contributed by atoms with Gasteiger partial charge in [0.15, 0.2) is 0 Å². The zero-order valence-corrected chi connectivity index (χ0v) is 12.8.